The Bertz CT molecular complexity index is 271. The highest BCUT2D eigenvalue weighted by Crippen LogP contribution is 2.40. The number of nitrogens with one attached hydrogen (secondary N) is 1. The van der Waals surface area contributed by atoms with E-state index in [1.165, 1.54) is 12.0 Å². The Morgan fingerprint density at radius 1 is 1.29 bits per heavy atom. The van der Waals surface area contributed by atoms with Gasteiger partial charge in [-0.15, -0.1) is 0 Å². The zero-order chi connectivity index (χ0) is 9.80. The van der Waals surface area contributed by atoms with Gasteiger partial charge in [0, 0.05) is 12.0 Å². The van der Waals surface area contributed by atoms with Crippen LogP contribution in [0.4, 0.5) is 0 Å². The molecule has 0 aromatic heterocycles. The van der Waals surface area contributed by atoms with Crippen LogP contribution in [0.15, 0.2) is 30.3 Å². The van der Waals surface area contributed by atoms with Crippen molar-refractivity contribution in [1.82, 2.24) is 5.32 Å². The molecule has 0 bridgehead atoms. The molecule has 0 amide bonds. The maximum absolute atomic E-state index is 5.44. The summed E-state index contributed by atoms with van der Waals surface area (Å²) in [7, 11) is 0. The normalized spacial score (nSPS) is 24.9. The summed E-state index contributed by atoms with van der Waals surface area (Å²) in [5.74, 6) is 0.744. The van der Waals surface area contributed by atoms with Crippen molar-refractivity contribution in [3.8, 4) is 0 Å². The third-order valence-electron chi connectivity index (χ3n) is 2.81. The van der Waals surface area contributed by atoms with E-state index in [1.54, 1.807) is 0 Å². The fourth-order valence-corrected chi connectivity index (χ4v) is 1.88. The van der Waals surface area contributed by atoms with Gasteiger partial charge in [0.1, 0.15) is 0 Å². The van der Waals surface area contributed by atoms with E-state index < -0.39 is 0 Å². The molecule has 1 saturated carbocycles. The van der Waals surface area contributed by atoms with E-state index in [-0.39, 0.29) is 0 Å². The number of hydrogen-bond acceptors (Lipinski definition) is 2. The number of nitrogens with two attached hydrogens (primary N) is 1. The van der Waals surface area contributed by atoms with Crippen LogP contribution in [0, 0.1) is 0 Å². The molecule has 0 radical (unpaired) electrons. The molecule has 1 aliphatic rings. The third kappa shape index (κ3) is 2.34. The van der Waals surface area contributed by atoms with Crippen molar-refractivity contribution in [2.75, 3.05) is 13.1 Å². The average Bonchev–Trinajstić information content (AvgIpc) is 2.99. The van der Waals surface area contributed by atoms with E-state index in [0.717, 1.165) is 25.4 Å². The Labute approximate surface area is 85.5 Å². The lowest BCUT2D eigenvalue weighted by atomic mass is 10.1. The number of benzene rings is 1. The Balaban J connectivity index is 1.76. The van der Waals surface area contributed by atoms with Gasteiger partial charge in [-0.2, -0.15) is 0 Å². The Morgan fingerprint density at radius 3 is 2.79 bits per heavy atom. The summed E-state index contributed by atoms with van der Waals surface area (Å²) in [6.45, 7) is 1.85. The maximum atomic E-state index is 5.44. The van der Waals surface area contributed by atoms with E-state index in [2.05, 4.69) is 35.6 Å². The summed E-state index contributed by atoms with van der Waals surface area (Å²) in [6, 6.07) is 11.4. The minimum absolute atomic E-state index is 0.698. The molecule has 1 aromatic carbocycles. The second-order valence-electron chi connectivity index (χ2n) is 3.96. The monoisotopic (exact) mass is 190 g/mol. The molecule has 3 N–H and O–H groups in total. The maximum Gasteiger partial charge on any atom is 0.0143 e. The summed E-state index contributed by atoms with van der Waals surface area (Å²) < 4.78 is 0. The Kier molecular flexibility index (Phi) is 3.17. The molecule has 0 aliphatic heterocycles. The quantitative estimate of drug-likeness (QED) is 0.690. The minimum atomic E-state index is 0.698. The lowest BCUT2D eigenvalue weighted by Gasteiger charge is -2.02. The van der Waals surface area contributed by atoms with E-state index >= 15 is 0 Å². The van der Waals surface area contributed by atoms with Gasteiger partial charge >= 0.3 is 0 Å². The first kappa shape index (κ1) is 9.69. The van der Waals surface area contributed by atoms with Crippen LogP contribution in [0.25, 0.3) is 0 Å². The molecule has 1 fully saturated rings. The van der Waals surface area contributed by atoms with Gasteiger partial charge in [0.05, 0.1) is 0 Å². The van der Waals surface area contributed by atoms with Gasteiger partial charge in [0.25, 0.3) is 0 Å². The standard InChI is InChI=1S/C12H18N2/c13-7-4-8-14-12-9-11(12)10-5-2-1-3-6-10/h1-3,5-6,11-12,14H,4,7-9,13H2. The van der Waals surface area contributed by atoms with Crippen LogP contribution >= 0.6 is 0 Å². The Morgan fingerprint density at radius 2 is 2.07 bits per heavy atom. The van der Waals surface area contributed by atoms with Crippen LogP contribution in [0.5, 0.6) is 0 Å². The highest BCUT2D eigenvalue weighted by Gasteiger charge is 2.37. The second kappa shape index (κ2) is 4.58. The van der Waals surface area contributed by atoms with Gasteiger partial charge in [-0.1, -0.05) is 30.3 Å². The molecule has 0 heterocycles. The molecule has 1 aliphatic carbocycles. The average molecular weight is 190 g/mol. The summed E-state index contributed by atoms with van der Waals surface area (Å²) in [6.07, 6.45) is 2.37. The Hall–Kier alpha value is -0.860. The smallest absolute Gasteiger partial charge is 0.0143 e. The molecule has 1 aromatic rings. The molecular weight excluding hydrogens is 172 g/mol. The molecule has 2 nitrogen and oxygen atoms in total. The first-order valence-electron chi connectivity index (χ1n) is 5.40. The fraction of sp³-hybridized carbons (Fsp3) is 0.500. The summed E-state index contributed by atoms with van der Waals surface area (Å²) >= 11 is 0. The van der Waals surface area contributed by atoms with Gasteiger partial charge in [0.2, 0.25) is 0 Å². The van der Waals surface area contributed by atoms with Gasteiger partial charge in [-0.3, -0.25) is 0 Å². The highest BCUT2D eigenvalue weighted by molar-refractivity contribution is 5.27. The predicted octanol–water partition coefficient (Wildman–Crippen LogP) is 1.48. The molecule has 14 heavy (non-hydrogen) atoms. The highest BCUT2D eigenvalue weighted by atomic mass is 15.0. The van der Waals surface area contributed by atoms with Gasteiger partial charge in [-0.25, -0.2) is 0 Å². The van der Waals surface area contributed by atoms with Crippen molar-refractivity contribution in [2.45, 2.75) is 24.8 Å². The van der Waals surface area contributed by atoms with Crippen molar-refractivity contribution in [3.05, 3.63) is 35.9 Å². The van der Waals surface area contributed by atoms with Crippen LogP contribution in [-0.2, 0) is 0 Å². The van der Waals surface area contributed by atoms with E-state index in [4.69, 9.17) is 5.73 Å². The number of hydrogen-bond donors (Lipinski definition) is 2. The lowest BCUT2D eigenvalue weighted by Crippen LogP contribution is -2.21. The third-order valence-corrected chi connectivity index (χ3v) is 2.81. The topological polar surface area (TPSA) is 38.0 Å². The predicted molar refractivity (Wildman–Crippen MR) is 59.3 cm³/mol. The van der Waals surface area contributed by atoms with Gasteiger partial charge < -0.3 is 11.1 Å². The summed E-state index contributed by atoms with van der Waals surface area (Å²) in [5.41, 5.74) is 6.91. The largest absolute Gasteiger partial charge is 0.330 e. The van der Waals surface area contributed by atoms with E-state index in [9.17, 15) is 0 Å². The van der Waals surface area contributed by atoms with E-state index in [1.807, 2.05) is 0 Å². The van der Waals surface area contributed by atoms with E-state index in [0.29, 0.717) is 6.04 Å². The number of rotatable bonds is 5. The summed E-state index contributed by atoms with van der Waals surface area (Å²) in [4.78, 5) is 0. The van der Waals surface area contributed by atoms with Crippen molar-refractivity contribution in [3.63, 3.8) is 0 Å². The van der Waals surface area contributed by atoms with Gasteiger partial charge in [0.15, 0.2) is 0 Å². The zero-order valence-electron chi connectivity index (χ0n) is 8.45. The lowest BCUT2D eigenvalue weighted by molar-refractivity contribution is 0.641. The summed E-state index contributed by atoms with van der Waals surface area (Å²) in [5, 5.41) is 3.53. The molecule has 2 heteroatoms. The molecule has 2 unspecified atom stereocenters. The molecule has 2 atom stereocenters. The fourth-order valence-electron chi connectivity index (χ4n) is 1.88. The molecule has 0 saturated heterocycles. The molecule has 2 rings (SSSR count). The first-order chi connectivity index (χ1) is 6.92. The second-order valence-corrected chi connectivity index (χ2v) is 3.96. The van der Waals surface area contributed by atoms with Crippen LogP contribution in [-0.4, -0.2) is 19.1 Å². The first-order valence-corrected chi connectivity index (χ1v) is 5.40. The molecule has 0 spiro atoms. The van der Waals surface area contributed by atoms with Crippen LogP contribution < -0.4 is 11.1 Å². The van der Waals surface area contributed by atoms with Crippen LogP contribution in [0.2, 0.25) is 0 Å². The SMILES string of the molecule is NCCCNC1CC1c1ccccc1. The molecule has 76 valence electrons. The van der Waals surface area contributed by atoms with Gasteiger partial charge in [-0.05, 0) is 31.5 Å². The zero-order valence-corrected chi connectivity index (χ0v) is 8.45. The minimum Gasteiger partial charge on any atom is -0.330 e. The van der Waals surface area contributed by atoms with Crippen molar-refractivity contribution >= 4 is 0 Å². The van der Waals surface area contributed by atoms with Crippen LogP contribution in [0.1, 0.15) is 24.3 Å². The van der Waals surface area contributed by atoms with Crippen molar-refractivity contribution in [1.29, 1.82) is 0 Å². The molecular formula is C12H18N2. The van der Waals surface area contributed by atoms with Crippen molar-refractivity contribution in [2.24, 2.45) is 5.73 Å². The van der Waals surface area contributed by atoms with Crippen molar-refractivity contribution < 1.29 is 0 Å². The van der Waals surface area contributed by atoms with Crippen LogP contribution in [0.3, 0.4) is 0 Å².